The van der Waals surface area contributed by atoms with Crippen molar-refractivity contribution >= 4 is 0 Å². The van der Waals surface area contributed by atoms with Crippen LogP contribution in [-0.2, 0) is 9.47 Å². The number of nitrogens with one attached hydrogen (secondary N) is 1. The van der Waals surface area contributed by atoms with E-state index in [1.807, 2.05) is 20.8 Å². The maximum atomic E-state index is 13.2. The van der Waals surface area contributed by atoms with E-state index in [2.05, 4.69) is 5.32 Å². The van der Waals surface area contributed by atoms with Gasteiger partial charge in [-0.15, -0.1) is 0 Å². The van der Waals surface area contributed by atoms with E-state index in [-0.39, 0.29) is 32.0 Å². The van der Waals surface area contributed by atoms with Crippen LogP contribution in [0.15, 0.2) is 0 Å². The minimum absolute atomic E-state index is 0.0213. The van der Waals surface area contributed by atoms with Crippen molar-refractivity contribution in [1.29, 1.82) is 0 Å². The number of halogens is 2. The lowest BCUT2D eigenvalue weighted by molar-refractivity contribution is -0.0510. The molecule has 0 bridgehead atoms. The van der Waals surface area contributed by atoms with Gasteiger partial charge in [-0.2, -0.15) is 0 Å². The van der Waals surface area contributed by atoms with Gasteiger partial charge in [0.1, 0.15) is 12.3 Å². The van der Waals surface area contributed by atoms with Gasteiger partial charge in [0.25, 0.3) is 0 Å². The molecule has 98 valence electrons. The topological polar surface area (TPSA) is 30.5 Å². The van der Waals surface area contributed by atoms with Crippen LogP contribution in [0.3, 0.4) is 0 Å². The van der Waals surface area contributed by atoms with Crippen molar-refractivity contribution in [2.24, 2.45) is 0 Å². The largest absolute Gasteiger partial charge is 0.375 e. The number of ether oxygens (including phenoxy) is 2. The molecule has 0 rings (SSSR count). The molecular weight excluding hydrogens is 216 g/mol. The Hall–Kier alpha value is -0.260. The average Bonchev–Trinajstić information content (AvgIpc) is 2.14. The molecule has 0 aliphatic rings. The van der Waals surface area contributed by atoms with E-state index in [9.17, 15) is 8.78 Å². The fraction of sp³-hybridized carbons (Fsp3) is 1.00. The first-order valence-corrected chi connectivity index (χ1v) is 5.49. The summed E-state index contributed by atoms with van der Waals surface area (Å²) in [5.41, 5.74) is -0.362. The second-order valence-corrected chi connectivity index (χ2v) is 4.71. The summed E-state index contributed by atoms with van der Waals surface area (Å²) in [4.78, 5) is 0. The van der Waals surface area contributed by atoms with Gasteiger partial charge in [-0.3, -0.25) is 0 Å². The third-order valence-electron chi connectivity index (χ3n) is 1.72. The first-order chi connectivity index (χ1) is 7.35. The Kier molecular flexibility index (Phi) is 7.80. The summed E-state index contributed by atoms with van der Waals surface area (Å²) in [5.74, 6) is 0. The van der Waals surface area contributed by atoms with Crippen molar-refractivity contribution in [2.75, 3.05) is 33.4 Å². The SMILES string of the molecule is CNCC(F)COCC(F)COC(C)(C)C. The minimum Gasteiger partial charge on any atom is -0.375 e. The summed E-state index contributed by atoms with van der Waals surface area (Å²) < 4.78 is 36.2. The van der Waals surface area contributed by atoms with Gasteiger partial charge in [0.05, 0.1) is 25.4 Å². The van der Waals surface area contributed by atoms with Gasteiger partial charge >= 0.3 is 0 Å². The fourth-order valence-electron chi connectivity index (χ4n) is 0.993. The molecule has 0 spiro atoms. The molecule has 2 unspecified atom stereocenters. The number of rotatable bonds is 8. The van der Waals surface area contributed by atoms with Crippen LogP contribution in [0.4, 0.5) is 8.78 Å². The van der Waals surface area contributed by atoms with Gasteiger partial charge in [-0.1, -0.05) is 0 Å². The molecule has 0 aliphatic heterocycles. The van der Waals surface area contributed by atoms with Crippen molar-refractivity contribution in [3.63, 3.8) is 0 Å². The highest BCUT2D eigenvalue weighted by molar-refractivity contribution is 4.63. The molecule has 5 heteroatoms. The quantitative estimate of drug-likeness (QED) is 0.699. The van der Waals surface area contributed by atoms with Crippen LogP contribution in [0.25, 0.3) is 0 Å². The first kappa shape index (κ1) is 15.7. The lowest BCUT2D eigenvalue weighted by Gasteiger charge is -2.21. The molecule has 2 atom stereocenters. The summed E-state index contributed by atoms with van der Waals surface area (Å²) in [5, 5.41) is 2.68. The molecule has 1 N–H and O–H groups in total. The summed E-state index contributed by atoms with van der Waals surface area (Å²) in [6.45, 7) is 5.54. The second kappa shape index (κ2) is 7.92. The molecule has 0 heterocycles. The van der Waals surface area contributed by atoms with Crippen molar-refractivity contribution in [3.8, 4) is 0 Å². The minimum atomic E-state index is -1.21. The van der Waals surface area contributed by atoms with Crippen molar-refractivity contribution < 1.29 is 18.3 Å². The molecule has 0 aliphatic carbocycles. The first-order valence-electron chi connectivity index (χ1n) is 5.49. The van der Waals surface area contributed by atoms with Gasteiger partial charge in [-0.05, 0) is 27.8 Å². The smallest absolute Gasteiger partial charge is 0.147 e. The molecule has 0 aromatic carbocycles. The molecule has 16 heavy (non-hydrogen) atoms. The van der Waals surface area contributed by atoms with E-state index in [1.165, 1.54) is 0 Å². The normalized spacial score (nSPS) is 16.1. The van der Waals surface area contributed by atoms with E-state index in [0.29, 0.717) is 0 Å². The van der Waals surface area contributed by atoms with Crippen molar-refractivity contribution in [3.05, 3.63) is 0 Å². The zero-order valence-electron chi connectivity index (χ0n) is 10.6. The molecule has 3 nitrogen and oxygen atoms in total. The number of hydrogen-bond donors (Lipinski definition) is 1. The molecule has 0 fully saturated rings. The average molecular weight is 239 g/mol. The van der Waals surface area contributed by atoms with Gasteiger partial charge in [0.2, 0.25) is 0 Å². The maximum absolute atomic E-state index is 13.2. The van der Waals surface area contributed by atoms with Crippen LogP contribution in [0.5, 0.6) is 0 Å². The Morgan fingerprint density at radius 1 is 1.06 bits per heavy atom. The highest BCUT2D eigenvalue weighted by Crippen LogP contribution is 2.08. The molecular formula is C11H23F2NO2. The highest BCUT2D eigenvalue weighted by atomic mass is 19.1. The molecule has 0 saturated carbocycles. The monoisotopic (exact) mass is 239 g/mol. The van der Waals surface area contributed by atoms with Crippen LogP contribution in [0.2, 0.25) is 0 Å². The van der Waals surface area contributed by atoms with E-state index in [4.69, 9.17) is 9.47 Å². The van der Waals surface area contributed by atoms with Crippen LogP contribution < -0.4 is 5.32 Å². The Morgan fingerprint density at radius 2 is 1.62 bits per heavy atom. The fourth-order valence-corrected chi connectivity index (χ4v) is 0.993. The molecule has 0 aromatic heterocycles. The van der Waals surface area contributed by atoms with Crippen LogP contribution in [0, 0.1) is 0 Å². The Balaban J connectivity index is 3.47. The molecule has 0 amide bonds. The zero-order valence-corrected chi connectivity index (χ0v) is 10.6. The number of alkyl halides is 2. The predicted molar refractivity (Wildman–Crippen MR) is 60.2 cm³/mol. The highest BCUT2D eigenvalue weighted by Gasteiger charge is 2.15. The van der Waals surface area contributed by atoms with E-state index < -0.39 is 12.3 Å². The lowest BCUT2D eigenvalue weighted by atomic mass is 10.2. The Bertz CT molecular complexity index is 174. The lowest BCUT2D eigenvalue weighted by Crippen LogP contribution is -2.29. The van der Waals surface area contributed by atoms with E-state index in [1.54, 1.807) is 7.05 Å². The maximum Gasteiger partial charge on any atom is 0.147 e. The van der Waals surface area contributed by atoms with Crippen molar-refractivity contribution in [1.82, 2.24) is 5.32 Å². The zero-order chi connectivity index (χ0) is 12.6. The molecule has 0 radical (unpaired) electrons. The summed E-state index contributed by atoms with van der Waals surface area (Å²) in [6, 6.07) is 0. The molecule has 0 saturated heterocycles. The van der Waals surface area contributed by atoms with Crippen LogP contribution >= 0.6 is 0 Å². The Morgan fingerprint density at radius 3 is 2.12 bits per heavy atom. The van der Waals surface area contributed by atoms with Crippen LogP contribution in [0.1, 0.15) is 20.8 Å². The summed E-state index contributed by atoms with van der Waals surface area (Å²) in [6.07, 6.45) is -2.30. The Labute approximate surface area is 96.5 Å². The number of hydrogen-bond acceptors (Lipinski definition) is 3. The van der Waals surface area contributed by atoms with Gasteiger partial charge in [-0.25, -0.2) is 8.78 Å². The van der Waals surface area contributed by atoms with Crippen molar-refractivity contribution in [2.45, 2.75) is 38.7 Å². The summed E-state index contributed by atoms with van der Waals surface area (Å²) in [7, 11) is 1.65. The van der Waals surface area contributed by atoms with E-state index >= 15 is 0 Å². The van der Waals surface area contributed by atoms with Gasteiger partial charge in [0, 0.05) is 6.54 Å². The second-order valence-electron chi connectivity index (χ2n) is 4.71. The van der Waals surface area contributed by atoms with Crippen LogP contribution in [-0.4, -0.2) is 51.4 Å². The summed E-state index contributed by atoms with van der Waals surface area (Å²) >= 11 is 0. The van der Waals surface area contributed by atoms with Gasteiger partial charge in [0.15, 0.2) is 0 Å². The third kappa shape index (κ3) is 10.3. The van der Waals surface area contributed by atoms with Gasteiger partial charge < -0.3 is 14.8 Å². The predicted octanol–water partition coefficient (Wildman–Crippen LogP) is 1.71. The standard InChI is InChI=1S/C11H23F2NO2/c1-11(2,3)16-8-10(13)7-15-6-9(12)5-14-4/h9-10,14H,5-8H2,1-4H3. The van der Waals surface area contributed by atoms with E-state index in [0.717, 1.165) is 0 Å². The third-order valence-corrected chi connectivity index (χ3v) is 1.72. The molecule has 0 aromatic rings.